The lowest BCUT2D eigenvalue weighted by molar-refractivity contribution is -0.384. The SMILES string of the molecule is O=[N+]([O-])c1cnccc1NC1CCSCC1. The van der Waals surface area contributed by atoms with Gasteiger partial charge in [-0.05, 0) is 30.4 Å². The van der Waals surface area contributed by atoms with Gasteiger partial charge >= 0.3 is 5.69 Å². The molecule has 86 valence electrons. The number of nitrogens with one attached hydrogen (secondary N) is 1. The molecule has 0 spiro atoms. The molecule has 0 radical (unpaired) electrons. The van der Waals surface area contributed by atoms with Crippen LogP contribution < -0.4 is 5.32 Å². The Labute approximate surface area is 97.8 Å². The Kier molecular flexibility index (Phi) is 3.61. The zero-order chi connectivity index (χ0) is 11.4. The van der Waals surface area contributed by atoms with E-state index >= 15 is 0 Å². The van der Waals surface area contributed by atoms with Crippen LogP contribution in [0.15, 0.2) is 18.5 Å². The number of hydrogen-bond acceptors (Lipinski definition) is 5. The quantitative estimate of drug-likeness (QED) is 0.647. The van der Waals surface area contributed by atoms with E-state index in [9.17, 15) is 10.1 Å². The maximum atomic E-state index is 10.8. The smallest absolute Gasteiger partial charge is 0.310 e. The lowest BCUT2D eigenvalue weighted by Crippen LogP contribution is -2.24. The van der Waals surface area contributed by atoms with E-state index in [0.717, 1.165) is 24.3 Å². The van der Waals surface area contributed by atoms with Gasteiger partial charge < -0.3 is 5.32 Å². The van der Waals surface area contributed by atoms with Gasteiger partial charge in [-0.2, -0.15) is 11.8 Å². The van der Waals surface area contributed by atoms with Gasteiger partial charge in [0.05, 0.1) is 4.92 Å². The summed E-state index contributed by atoms with van der Waals surface area (Å²) < 4.78 is 0. The van der Waals surface area contributed by atoms with Crippen LogP contribution in [0.25, 0.3) is 0 Å². The third-order valence-electron chi connectivity index (χ3n) is 2.58. The second-order valence-corrected chi connectivity index (χ2v) is 4.91. The van der Waals surface area contributed by atoms with Gasteiger partial charge in [0.15, 0.2) is 0 Å². The number of anilines is 1. The van der Waals surface area contributed by atoms with E-state index in [4.69, 9.17) is 0 Å². The van der Waals surface area contributed by atoms with Crippen molar-refractivity contribution in [2.24, 2.45) is 0 Å². The van der Waals surface area contributed by atoms with Crippen molar-refractivity contribution < 1.29 is 4.92 Å². The molecule has 0 saturated carbocycles. The molecule has 0 amide bonds. The summed E-state index contributed by atoms with van der Waals surface area (Å²) in [5.41, 5.74) is 0.637. The fourth-order valence-electron chi connectivity index (χ4n) is 1.72. The van der Waals surface area contributed by atoms with Gasteiger partial charge in [0, 0.05) is 12.2 Å². The standard InChI is InChI=1S/C10H13N3O2S/c14-13(15)10-7-11-4-1-9(10)12-8-2-5-16-6-3-8/h1,4,7-8H,2-3,5-6H2,(H,11,12). The normalized spacial score (nSPS) is 17.0. The van der Waals surface area contributed by atoms with Crippen LogP contribution in [0.2, 0.25) is 0 Å². The summed E-state index contributed by atoms with van der Waals surface area (Å²) in [5.74, 6) is 2.24. The molecular formula is C10H13N3O2S. The maximum absolute atomic E-state index is 10.8. The molecule has 1 N–H and O–H groups in total. The first-order chi connectivity index (χ1) is 7.77. The highest BCUT2D eigenvalue weighted by Crippen LogP contribution is 2.26. The lowest BCUT2D eigenvalue weighted by atomic mass is 10.1. The Balaban J connectivity index is 2.10. The third kappa shape index (κ3) is 2.63. The monoisotopic (exact) mass is 239 g/mol. The summed E-state index contributed by atoms with van der Waals surface area (Å²) >= 11 is 1.93. The molecule has 1 aromatic heterocycles. The van der Waals surface area contributed by atoms with E-state index in [2.05, 4.69) is 10.3 Å². The maximum Gasteiger partial charge on any atom is 0.310 e. The summed E-state index contributed by atoms with van der Waals surface area (Å²) in [7, 11) is 0. The van der Waals surface area contributed by atoms with Crippen LogP contribution in [-0.2, 0) is 0 Å². The summed E-state index contributed by atoms with van der Waals surface area (Å²) in [6, 6.07) is 2.02. The van der Waals surface area contributed by atoms with Crippen molar-refractivity contribution in [3.63, 3.8) is 0 Å². The van der Waals surface area contributed by atoms with Crippen LogP contribution in [0.5, 0.6) is 0 Å². The molecule has 1 aliphatic rings. The van der Waals surface area contributed by atoms with Crippen LogP contribution in [0.3, 0.4) is 0 Å². The van der Waals surface area contributed by atoms with Crippen LogP contribution in [0, 0.1) is 10.1 Å². The topological polar surface area (TPSA) is 68.1 Å². The number of nitrogens with zero attached hydrogens (tertiary/aromatic N) is 2. The summed E-state index contributed by atoms with van der Waals surface area (Å²) in [5, 5.41) is 14.0. The first-order valence-corrected chi connectivity index (χ1v) is 6.35. The molecule has 6 heteroatoms. The van der Waals surface area contributed by atoms with Crippen molar-refractivity contribution in [3.05, 3.63) is 28.6 Å². The Morgan fingerprint density at radius 3 is 2.94 bits per heavy atom. The average molecular weight is 239 g/mol. The lowest BCUT2D eigenvalue weighted by Gasteiger charge is -2.23. The fourth-order valence-corrected chi connectivity index (χ4v) is 2.82. The van der Waals surface area contributed by atoms with Gasteiger partial charge in [0.2, 0.25) is 0 Å². The van der Waals surface area contributed by atoms with Crippen LogP contribution >= 0.6 is 11.8 Å². The van der Waals surface area contributed by atoms with Crippen LogP contribution in [0.1, 0.15) is 12.8 Å². The number of rotatable bonds is 3. The van der Waals surface area contributed by atoms with Crippen molar-refractivity contribution >= 4 is 23.1 Å². The number of aromatic nitrogens is 1. The molecule has 0 atom stereocenters. The molecule has 0 aromatic carbocycles. The Morgan fingerprint density at radius 2 is 2.25 bits per heavy atom. The Bertz CT molecular complexity index is 380. The van der Waals surface area contributed by atoms with Gasteiger partial charge in [-0.3, -0.25) is 15.1 Å². The van der Waals surface area contributed by atoms with Gasteiger partial charge in [-0.1, -0.05) is 0 Å². The van der Waals surface area contributed by atoms with Gasteiger partial charge in [-0.15, -0.1) is 0 Å². The molecule has 0 bridgehead atoms. The molecule has 1 saturated heterocycles. The molecule has 2 rings (SSSR count). The number of pyridine rings is 1. The van der Waals surface area contributed by atoms with Gasteiger partial charge in [0.25, 0.3) is 0 Å². The first kappa shape index (κ1) is 11.2. The minimum absolute atomic E-state index is 0.0562. The Morgan fingerprint density at radius 1 is 1.50 bits per heavy atom. The van der Waals surface area contributed by atoms with Gasteiger partial charge in [0.1, 0.15) is 11.9 Å². The second-order valence-electron chi connectivity index (χ2n) is 3.68. The van der Waals surface area contributed by atoms with Crippen molar-refractivity contribution in [2.45, 2.75) is 18.9 Å². The van der Waals surface area contributed by atoms with E-state index in [-0.39, 0.29) is 5.69 Å². The first-order valence-electron chi connectivity index (χ1n) is 5.20. The summed E-state index contributed by atoms with van der Waals surface area (Å²) in [4.78, 5) is 14.2. The molecule has 2 heterocycles. The highest BCUT2D eigenvalue weighted by Gasteiger charge is 2.18. The van der Waals surface area contributed by atoms with Crippen LogP contribution in [-0.4, -0.2) is 27.5 Å². The highest BCUT2D eigenvalue weighted by atomic mass is 32.2. The van der Waals surface area contributed by atoms with Crippen molar-refractivity contribution in [1.82, 2.24) is 4.98 Å². The second kappa shape index (κ2) is 5.16. The van der Waals surface area contributed by atoms with E-state index in [1.54, 1.807) is 12.3 Å². The van der Waals surface area contributed by atoms with E-state index in [0.29, 0.717) is 11.7 Å². The van der Waals surface area contributed by atoms with E-state index in [1.807, 2.05) is 11.8 Å². The summed E-state index contributed by atoms with van der Waals surface area (Å²) in [6.07, 6.45) is 4.99. The predicted molar refractivity (Wildman–Crippen MR) is 64.9 cm³/mol. The van der Waals surface area contributed by atoms with E-state index in [1.165, 1.54) is 6.20 Å². The molecule has 0 aliphatic carbocycles. The molecule has 1 aliphatic heterocycles. The minimum atomic E-state index is -0.396. The molecule has 16 heavy (non-hydrogen) atoms. The number of hydrogen-bond donors (Lipinski definition) is 1. The largest absolute Gasteiger partial charge is 0.377 e. The summed E-state index contributed by atoms with van der Waals surface area (Å²) in [6.45, 7) is 0. The minimum Gasteiger partial charge on any atom is -0.377 e. The number of thioether (sulfide) groups is 1. The third-order valence-corrected chi connectivity index (χ3v) is 3.63. The van der Waals surface area contributed by atoms with Crippen molar-refractivity contribution in [3.8, 4) is 0 Å². The fraction of sp³-hybridized carbons (Fsp3) is 0.500. The van der Waals surface area contributed by atoms with Crippen molar-refractivity contribution in [2.75, 3.05) is 16.8 Å². The zero-order valence-corrected chi connectivity index (χ0v) is 9.57. The van der Waals surface area contributed by atoms with E-state index < -0.39 is 4.92 Å². The molecule has 1 fully saturated rings. The highest BCUT2D eigenvalue weighted by molar-refractivity contribution is 7.99. The zero-order valence-electron chi connectivity index (χ0n) is 8.76. The van der Waals surface area contributed by atoms with Gasteiger partial charge in [-0.25, -0.2) is 0 Å². The molecule has 0 unspecified atom stereocenters. The van der Waals surface area contributed by atoms with Crippen molar-refractivity contribution in [1.29, 1.82) is 0 Å². The number of nitro groups is 1. The molecule has 1 aromatic rings. The molecule has 5 nitrogen and oxygen atoms in total. The average Bonchev–Trinajstić information content (AvgIpc) is 2.31. The predicted octanol–water partition coefficient (Wildman–Crippen LogP) is 2.30. The Hall–Kier alpha value is -1.30. The van der Waals surface area contributed by atoms with Crippen LogP contribution in [0.4, 0.5) is 11.4 Å². The molecular weight excluding hydrogens is 226 g/mol.